The van der Waals surface area contributed by atoms with Crippen molar-refractivity contribution in [2.75, 3.05) is 11.6 Å². The van der Waals surface area contributed by atoms with Gasteiger partial charge in [-0.05, 0) is 43.2 Å². The fourth-order valence-electron chi connectivity index (χ4n) is 3.08. The Labute approximate surface area is 156 Å². The molecule has 138 valence electrons. The second-order valence-corrected chi connectivity index (χ2v) is 8.55. The van der Waals surface area contributed by atoms with Crippen LogP contribution in [-0.4, -0.2) is 29.6 Å². The predicted octanol–water partition coefficient (Wildman–Crippen LogP) is 3.40. The van der Waals surface area contributed by atoms with E-state index in [0.29, 0.717) is 28.6 Å². The number of hydrogen-bond donors (Lipinski definition) is 1. The number of aromatic nitrogens is 3. The average molecular weight is 382 g/mol. The van der Waals surface area contributed by atoms with Gasteiger partial charge < -0.3 is 9.73 Å². The van der Waals surface area contributed by atoms with Crippen LogP contribution in [0.4, 0.5) is 5.82 Å². The van der Waals surface area contributed by atoms with Crippen LogP contribution in [0.15, 0.2) is 46.0 Å². The highest BCUT2D eigenvalue weighted by Gasteiger charge is 2.16. The first-order chi connectivity index (χ1) is 12.8. The minimum atomic E-state index is -3.20. The molecule has 0 saturated heterocycles. The van der Waals surface area contributed by atoms with Gasteiger partial charge in [-0.15, -0.1) is 0 Å². The normalized spacial score (nSPS) is 12.0. The number of pyridine rings is 1. The minimum Gasteiger partial charge on any atom is -0.432 e. The number of furan rings is 1. The summed E-state index contributed by atoms with van der Waals surface area (Å²) in [7, 11) is -3.20. The van der Waals surface area contributed by atoms with Crippen LogP contribution in [0, 0.1) is 13.8 Å². The highest BCUT2D eigenvalue weighted by Crippen LogP contribution is 2.32. The van der Waals surface area contributed by atoms with E-state index in [0.717, 1.165) is 27.7 Å². The van der Waals surface area contributed by atoms with E-state index in [4.69, 9.17) is 4.42 Å². The van der Waals surface area contributed by atoms with Crippen LogP contribution in [0.25, 0.3) is 22.2 Å². The zero-order valence-corrected chi connectivity index (χ0v) is 16.0. The third-order valence-corrected chi connectivity index (χ3v) is 5.49. The third kappa shape index (κ3) is 3.23. The summed E-state index contributed by atoms with van der Waals surface area (Å²) in [5.74, 6) is 0.572. The Morgan fingerprint density at radius 1 is 1.11 bits per heavy atom. The van der Waals surface area contributed by atoms with Gasteiger partial charge in [0.1, 0.15) is 11.8 Å². The first-order valence-electron chi connectivity index (χ1n) is 8.37. The second kappa shape index (κ2) is 6.31. The molecule has 4 rings (SSSR count). The van der Waals surface area contributed by atoms with Crippen LogP contribution < -0.4 is 5.32 Å². The first-order valence-corrected chi connectivity index (χ1v) is 10.3. The summed E-state index contributed by atoms with van der Waals surface area (Å²) in [6, 6.07) is 8.74. The molecular weight excluding hydrogens is 364 g/mol. The molecule has 1 N–H and O–H groups in total. The molecule has 27 heavy (non-hydrogen) atoms. The molecular formula is C19H18N4O3S. The third-order valence-electron chi connectivity index (χ3n) is 4.36. The van der Waals surface area contributed by atoms with Gasteiger partial charge in [0.15, 0.2) is 21.2 Å². The maximum atomic E-state index is 11.6. The van der Waals surface area contributed by atoms with Gasteiger partial charge in [0.05, 0.1) is 10.3 Å². The molecule has 0 fully saturated rings. The topological polar surface area (TPSA) is 98.0 Å². The van der Waals surface area contributed by atoms with Crippen molar-refractivity contribution in [3.63, 3.8) is 0 Å². The summed E-state index contributed by atoms with van der Waals surface area (Å²) < 4.78 is 29.0. The van der Waals surface area contributed by atoms with Crippen LogP contribution in [0.5, 0.6) is 0 Å². The Hall–Kier alpha value is -3.00. The van der Waals surface area contributed by atoms with Crippen molar-refractivity contribution in [1.82, 2.24) is 15.0 Å². The molecule has 0 unspecified atom stereocenters. The Morgan fingerprint density at radius 2 is 1.85 bits per heavy atom. The monoisotopic (exact) mass is 382 g/mol. The summed E-state index contributed by atoms with van der Waals surface area (Å²) in [4.78, 5) is 13.4. The molecule has 0 saturated carbocycles. The summed E-state index contributed by atoms with van der Waals surface area (Å²) >= 11 is 0. The number of anilines is 1. The zero-order chi connectivity index (χ0) is 19.2. The minimum absolute atomic E-state index is 0.296. The van der Waals surface area contributed by atoms with Gasteiger partial charge in [-0.1, -0.05) is 12.1 Å². The number of rotatable bonds is 4. The lowest BCUT2D eigenvalue weighted by Crippen LogP contribution is -2.03. The van der Waals surface area contributed by atoms with Gasteiger partial charge in [0.2, 0.25) is 5.71 Å². The molecule has 0 amide bonds. The highest BCUT2D eigenvalue weighted by molar-refractivity contribution is 7.90. The molecule has 0 aliphatic carbocycles. The maximum absolute atomic E-state index is 11.6. The van der Waals surface area contributed by atoms with E-state index < -0.39 is 9.84 Å². The molecule has 0 atom stereocenters. The van der Waals surface area contributed by atoms with E-state index in [1.807, 2.05) is 19.9 Å². The quantitative estimate of drug-likeness (QED) is 0.577. The number of benzene rings is 1. The van der Waals surface area contributed by atoms with E-state index in [2.05, 4.69) is 20.3 Å². The van der Waals surface area contributed by atoms with Gasteiger partial charge in [-0.25, -0.2) is 23.4 Å². The van der Waals surface area contributed by atoms with Crippen LogP contribution in [0.2, 0.25) is 0 Å². The zero-order valence-electron chi connectivity index (χ0n) is 15.1. The lowest BCUT2D eigenvalue weighted by molar-refractivity contribution is 0.602. The lowest BCUT2D eigenvalue weighted by atomic mass is 10.1. The SMILES string of the molecule is Cc1cc(C)c2c(n1)oc1c(NCc3ccc(S(C)(=O)=O)cc3)ncnc12. The molecule has 4 aromatic rings. The van der Waals surface area contributed by atoms with Crippen molar-refractivity contribution in [3.8, 4) is 0 Å². The Morgan fingerprint density at radius 3 is 2.56 bits per heavy atom. The van der Waals surface area contributed by atoms with Gasteiger partial charge >= 0.3 is 0 Å². The average Bonchev–Trinajstić information content (AvgIpc) is 2.98. The number of fused-ring (bicyclic) bond motifs is 3. The molecule has 8 heteroatoms. The number of aryl methyl sites for hydroxylation is 2. The van der Waals surface area contributed by atoms with E-state index in [9.17, 15) is 8.42 Å². The molecule has 7 nitrogen and oxygen atoms in total. The van der Waals surface area contributed by atoms with E-state index in [-0.39, 0.29) is 0 Å². The molecule has 0 aliphatic heterocycles. The van der Waals surface area contributed by atoms with Crippen molar-refractivity contribution >= 4 is 37.9 Å². The van der Waals surface area contributed by atoms with Crippen LogP contribution in [-0.2, 0) is 16.4 Å². The first kappa shape index (κ1) is 17.4. The summed E-state index contributed by atoms with van der Waals surface area (Å²) in [5.41, 5.74) is 4.69. The fourth-order valence-corrected chi connectivity index (χ4v) is 3.71. The number of hydrogen-bond acceptors (Lipinski definition) is 7. The Balaban J connectivity index is 1.67. The smallest absolute Gasteiger partial charge is 0.229 e. The summed E-state index contributed by atoms with van der Waals surface area (Å²) in [5, 5.41) is 4.12. The van der Waals surface area contributed by atoms with Crippen LogP contribution in [0.1, 0.15) is 16.8 Å². The van der Waals surface area contributed by atoms with Gasteiger partial charge in [-0.3, -0.25) is 0 Å². The highest BCUT2D eigenvalue weighted by atomic mass is 32.2. The number of sulfone groups is 1. The van der Waals surface area contributed by atoms with Crippen LogP contribution >= 0.6 is 0 Å². The van der Waals surface area contributed by atoms with E-state index in [1.54, 1.807) is 24.3 Å². The molecule has 1 aromatic carbocycles. The maximum Gasteiger partial charge on any atom is 0.229 e. The second-order valence-electron chi connectivity index (χ2n) is 6.53. The van der Waals surface area contributed by atoms with E-state index >= 15 is 0 Å². The van der Waals surface area contributed by atoms with Crippen LogP contribution in [0.3, 0.4) is 0 Å². The lowest BCUT2D eigenvalue weighted by Gasteiger charge is -2.06. The van der Waals surface area contributed by atoms with Gasteiger partial charge in [0, 0.05) is 18.5 Å². The Bertz CT molecular complexity index is 1260. The molecule has 0 radical (unpaired) electrons. The molecule has 0 spiro atoms. The van der Waals surface area contributed by atoms with Gasteiger partial charge in [-0.2, -0.15) is 0 Å². The summed E-state index contributed by atoms with van der Waals surface area (Å²) in [6.45, 7) is 4.40. The van der Waals surface area contributed by atoms with Gasteiger partial charge in [0.25, 0.3) is 0 Å². The largest absolute Gasteiger partial charge is 0.432 e. The van der Waals surface area contributed by atoms with Crippen molar-refractivity contribution in [2.24, 2.45) is 0 Å². The predicted molar refractivity (Wildman–Crippen MR) is 103 cm³/mol. The van der Waals surface area contributed by atoms with E-state index in [1.165, 1.54) is 12.6 Å². The number of nitrogens with one attached hydrogen (secondary N) is 1. The van der Waals surface area contributed by atoms with Crippen molar-refractivity contribution < 1.29 is 12.8 Å². The molecule has 0 aliphatic rings. The fraction of sp³-hybridized carbons (Fsp3) is 0.211. The summed E-state index contributed by atoms with van der Waals surface area (Å²) in [6.07, 6.45) is 2.68. The van der Waals surface area contributed by atoms with Crippen molar-refractivity contribution in [3.05, 3.63) is 53.5 Å². The van der Waals surface area contributed by atoms with Crippen molar-refractivity contribution in [1.29, 1.82) is 0 Å². The molecule has 3 heterocycles. The Kier molecular flexibility index (Phi) is 4.07. The number of nitrogens with zero attached hydrogens (tertiary/aromatic N) is 3. The molecule has 3 aromatic heterocycles. The molecule has 0 bridgehead atoms. The standard InChI is InChI=1S/C19H18N4O3S/c1-11-8-12(2)23-19-15(11)16-17(26-19)18(22-10-21-16)20-9-13-4-6-14(7-5-13)27(3,24)25/h4-8,10H,9H2,1-3H3,(H,20,21,22). The van der Waals surface area contributed by atoms with Crippen molar-refractivity contribution in [2.45, 2.75) is 25.3 Å².